The number of imidazole rings is 1. The molecule has 0 spiro atoms. The zero-order valence-electron chi connectivity index (χ0n) is 10.1. The van der Waals surface area contributed by atoms with E-state index in [-0.39, 0.29) is 12.1 Å². The molecule has 2 heterocycles. The monoisotopic (exact) mass is 253 g/mol. The smallest absolute Gasteiger partial charge is 0.393 e. The van der Waals surface area contributed by atoms with Gasteiger partial charge in [0.2, 0.25) is 0 Å². The van der Waals surface area contributed by atoms with Gasteiger partial charge in [-0.15, -0.1) is 0 Å². The molecule has 1 aliphatic heterocycles. The van der Waals surface area contributed by atoms with Gasteiger partial charge in [-0.1, -0.05) is 4.98 Å². The van der Waals surface area contributed by atoms with Gasteiger partial charge in [0.05, 0.1) is 19.4 Å². The van der Waals surface area contributed by atoms with Gasteiger partial charge in [-0.2, -0.15) is 5.10 Å². The van der Waals surface area contributed by atoms with E-state index >= 15 is 0 Å². The molecule has 0 aliphatic carbocycles. The Morgan fingerprint density at radius 2 is 2.28 bits per heavy atom. The summed E-state index contributed by atoms with van der Waals surface area (Å²) in [5.74, 6) is -0.203. The lowest BCUT2D eigenvalue weighted by Gasteiger charge is -2.26. The molecule has 8 nitrogen and oxygen atoms in total. The SMILES string of the molecule is Cn1c(/C=N/N2CCC(O)CC2)cnc1[N+](=O)[O-]. The molecule has 18 heavy (non-hydrogen) atoms. The van der Waals surface area contributed by atoms with E-state index in [1.807, 2.05) is 5.01 Å². The molecule has 8 heteroatoms. The van der Waals surface area contributed by atoms with Crippen molar-refractivity contribution < 1.29 is 10.0 Å². The summed E-state index contributed by atoms with van der Waals surface area (Å²) < 4.78 is 1.38. The predicted octanol–water partition coefficient (Wildman–Crippen LogP) is 0.119. The van der Waals surface area contributed by atoms with Crippen LogP contribution in [0.15, 0.2) is 11.3 Å². The average molecular weight is 253 g/mol. The fraction of sp³-hybridized carbons (Fsp3) is 0.600. The molecule has 1 N–H and O–H groups in total. The quantitative estimate of drug-likeness (QED) is 0.469. The zero-order chi connectivity index (χ0) is 13.1. The summed E-state index contributed by atoms with van der Waals surface area (Å²) in [6.45, 7) is 1.38. The number of hydrogen-bond donors (Lipinski definition) is 1. The highest BCUT2D eigenvalue weighted by molar-refractivity contribution is 5.77. The van der Waals surface area contributed by atoms with Crippen LogP contribution in [0.25, 0.3) is 0 Å². The summed E-state index contributed by atoms with van der Waals surface area (Å²) in [6, 6.07) is 0. The number of nitrogens with zero attached hydrogens (tertiary/aromatic N) is 5. The lowest BCUT2D eigenvalue weighted by molar-refractivity contribution is -0.396. The van der Waals surface area contributed by atoms with Crippen LogP contribution in [0.4, 0.5) is 5.95 Å². The average Bonchev–Trinajstić information content (AvgIpc) is 2.70. The zero-order valence-corrected chi connectivity index (χ0v) is 10.1. The Morgan fingerprint density at radius 3 is 2.83 bits per heavy atom. The topological polar surface area (TPSA) is 96.8 Å². The fourth-order valence-corrected chi connectivity index (χ4v) is 1.81. The normalized spacial score (nSPS) is 17.6. The van der Waals surface area contributed by atoms with Gasteiger partial charge in [0.25, 0.3) is 0 Å². The number of piperidine rings is 1. The van der Waals surface area contributed by atoms with Crippen molar-refractivity contribution in [1.29, 1.82) is 0 Å². The van der Waals surface area contributed by atoms with Crippen LogP contribution < -0.4 is 0 Å². The maximum Gasteiger partial charge on any atom is 0.434 e. The molecule has 1 fully saturated rings. The standard InChI is InChI=1S/C10H15N5O3/c1-13-8(6-11-10(13)15(17)18)7-12-14-4-2-9(16)3-5-14/h6-7,9,16H,2-5H2,1H3/b12-7+. The van der Waals surface area contributed by atoms with Gasteiger partial charge in [-0.3, -0.25) is 5.01 Å². The Kier molecular flexibility index (Phi) is 3.56. The molecular formula is C10H15N5O3. The minimum Gasteiger partial charge on any atom is -0.393 e. The van der Waals surface area contributed by atoms with E-state index in [1.165, 1.54) is 10.8 Å². The third kappa shape index (κ3) is 2.65. The number of aromatic nitrogens is 2. The molecule has 0 atom stereocenters. The van der Waals surface area contributed by atoms with E-state index in [1.54, 1.807) is 13.3 Å². The number of nitro groups is 1. The first-order valence-electron chi connectivity index (χ1n) is 5.71. The lowest BCUT2D eigenvalue weighted by Crippen LogP contribution is -2.32. The van der Waals surface area contributed by atoms with E-state index in [9.17, 15) is 15.2 Å². The molecule has 0 aromatic carbocycles. The van der Waals surface area contributed by atoms with Crippen molar-refractivity contribution in [3.05, 3.63) is 22.0 Å². The van der Waals surface area contributed by atoms with Crippen LogP contribution in [0, 0.1) is 10.1 Å². The second-order valence-corrected chi connectivity index (χ2v) is 4.23. The largest absolute Gasteiger partial charge is 0.434 e. The van der Waals surface area contributed by atoms with E-state index in [0.29, 0.717) is 31.6 Å². The highest BCUT2D eigenvalue weighted by Gasteiger charge is 2.17. The maximum atomic E-state index is 10.6. The molecular weight excluding hydrogens is 238 g/mol. The number of aliphatic hydroxyl groups is 1. The van der Waals surface area contributed by atoms with Crippen molar-refractivity contribution >= 4 is 12.2 Å². The van der Waals surface area contributed by atoms with Crippen molar-refractivity contribution in [3.63, 3.8) is 0 Å². The van der Waals surface area contributed by atoms with Crippen molar-refractivity contribution in [2.75, 3.05) is 13.1 Å². The molecule has 2 rings (SSSR count). The molecule has 1 aromatic heterocycles. The van der Waals surface area contributed by atoms with Crippen LogP contribution in [-0.4, -0.2) is 50.0 Å². The Hall–Kier alpha value is -1.96. The van der Waals surface area contributed by atoms with Crippen molar-refractivity contribution in [3.8, 4) is 0 Å². The van der Waals surface area contributed by atoms with Crippen LogP contribution in [0.2, 0.25) is 0 Å². The van der Waals surface area contributed by atoms with Gasteiger partial charge in [0.15, 0.2) is 5.69 Å². The maximum absolute atomic E-state index is 10.6. The van der Waals surface area contributed by atoms with Gasteiger partial charge in [0.1, 0.15) is 6.20 Å². The summed E-state index contributed by atoms with van der Waals surface area (Å²) >= 11 is 0. The first kappa shape index (κ1) is 12.5. The molecule has 1 aliphatic rings. The second-order valence-electron chi connectivity index (χ2n) is 4.23. The first-order chi connectivity index (χ1) is 8.58. The third-order valence-corrected chi connectivity index (χ3v) is 2.96. The Labute approximate surface area is 104 Å². The van der Waals surface area contributed by atoms with Crippen LogP contribution in [0.5, 0.6) is 0 Å². The molecule has 1 aromatic rings. The Morgan fingerprint density at radius 1 is 1.61 bits per heavy atom. The Balaban J connectivity index is 2.03. The number of aliphatic hydroxyl groups excluding tert-OH is 1. The van der Waals surface area contributed by atoms with Crippen molar-refractivity contribution in [1.82, 2.24) is 14.6 Å². The number of hydrogen-bond acceptors (Lipinski definition) is 6. The van der Waals surface area contributed by atoms with Gasteiger partial charge in [0, 0.05) is 13.1 Å². The summed E-state index contributed by atoms with van der Waals surface area (Å²) in [7, 11) is 1.58. The second kappa shape index (κ2) is 5.13. The molecule has 0 bridgehead atoms. The van der Waals surface area contributed by atoms with Gasteiger partial charge >= 0.3 is 5.95 Å². The minimum absolute atomic E-state index is 0.203. The van der Waals surface area contributed by atoms with Crippen LogP contribution >= 0.6 is 0 Å². The molecule has 0 radical (unpaired) electrons. The van der Waals surface area contributed by atoms with Crippen molar-refractivity contribution in [2.24, 2.45) is 12.1 Å². The molecule has 98 valence electrons. The summed E-state index contributed by atoms with van der Waals surface area (Å²) in [5, 5.41) is 26.0. The van der Waals surface area contributed by atoms with Crippen LogP contribution in [-0.2, 0) is 7.05 Å². The van der Waals surface area contributed by atoms with Crippen LogP contribution in [0.1, 0.15) is 18.5 Å². The highest BCUT2D eigenvalue weighted by Crippen LogP contribution is 2.11. The fourth-order valence-electron chi connectivity index (χ4n) is 1.81. The predicted molar refractivity (Wildman–Crippen MR) is 64.3 cm³/mol. The van der Waals surface area contributed by atoms with Gasteiger partial charge < -0.3 is 15.2 Å². The highest BCUT2D eigenvalue weighted by atomic mass is 16.6. The number of rotatable bonds is 3. The summed E-state index contributed by atoms with van der Waals surface area (Å²) in [4.78, 5) is 13.8. The van der Waals surface area contributed by atoms with E-state index in [4.69, 9.17) is 0 Å². The van der Waals surface area contributed by atoms with Gasteiger partial charge in [-0.25, -0.2) is 4.57 Å². The molecule has 1 saturated heterocycles. The minimum atomic E-state index is -0.533. The van der Waals surface area contributed by atoms with E-state index < -0.39 is 4.92 Å². The number of hydrazone groups is 1. The van der Waals surface area contributed by atoms with Gasteiger partial charge in [-0.05, 0) is 17.8 Å². The summed E-state index contributed by atoms with van der Waals surface area (Å²) in [6.07, 6.45) is 4.12. The van der Waals surface area contributed by atoms with Crippen LogP contribution in [0.3, 0.4) is 0 Å². The summed E-state index contributed by atoms with van der Waals surface area (Å²) in [5.41, 5.74) is 0.577. The first-order valence-corrected chi connectivity index (χ1v) is 5.71. The molecule has 0 unspecified atom stereocenters. The van der Waals surface area contributed by atoms with E-state index in [2.05, 4.69) is 10.1 Å². The lowest BCUT2D eigenvalue weighted by atomic mass is 10.1. The Bertz CT molecular complexity index is 462. The van der Waals surface area contributed by atoms with E-state index in [0.717, 1.165) is 0 Å². The molecule has 0 amide bonds. The molecule has 0 saturated carbocycles. The third-order valence-electron chi connectivity index (χ3n) is 2.96. The van der Waals surface area contributed by atoms with Crippen molar-refractivity contribution in [2.45, 2.75) is 18.9 Å².